The van der Waals surface area contributed by atoms with Crippen LogP contribution in [0, 0.1) is 14.9 Å². The number of carbonyl (C=O) groups excluding carboxylic acids is 1. The van der Waals surface area contributed by atoms with E-state index in [0.717, 1.165) is 9.32 Å². The van der Waals surface area contributed by atoms with E-state index in [0.29, 0.717) is 17.9 Å². The highest BCUT2D eigenvalue weighted by atomic mass is 127. The molecule has 1 N–H and O–H groups in total. The summed E-state index contributed by atoms with van der Waals surface area (Å²) < 4.78 is 6.58. The molecule has 0 bridgehead atoms. The average Bonchev–Trinajstić information content (AvgIpc) is 2.49. The maximum absolute atomic E-state index is 11.8. The summed E-state index contributed by atoms with van der Waals surface area (Å²) in [6, 6.07) is 16.5. The van der Waals surface area contributed by atoms with Gasteiger partial charge in [-0.2, -0.15) is 5.26 Å². The second kappa shape index (κ2) is 7.64. The van der Waals surface area contributed by atoms with E-state index < -0.39 is 0 Å². The van der Waals surface area contributed by atoms with Crippen LogP contribution in [0.3, 0.4) is 0 Å². The van der Waals surface area contributed by atoms with Crippen LogP contribution >= 0.6 is 22.6 Å². The van der Waals surface area contributed by atoms with Crippen LogP contribution < -0.4 is 10.1 Å². The highest BCUT2D eigenvalue weighted by molar-refractivity contribution is 14.1. The molecule has 0 atom stereocenters. The first kappa shape index (κ1) is 15.3. The van der Waals surface area contributed by atoms with E-state index in [1.54, 1.807) is 24.3 Å². The van der Waals surface area contributed by atoms with Gasteiger partial charge in [-0.3, -0.25) is 4.79 Å². The number of nitriles is 1. The number of amides is 1. The highest BCUT2D eigenvalue weighted by Gasteiger charge is 2.05. The molecule has 106 valence electrons. The number of anilines is 1. The molecule has 2 aromatic rings. The number of rotatable bonds is 5. The van der Waals surface area contributed by atoms with Crippen molar-refractivity contribution >= 4 is 34.2 Å². The maximum Gasteiger partial charge on any atom is 0.227 e. The molecule has 0 aliphatic heterocycles. The summed E-state index contributed by atoms with van der Waals surface area (Å²) in [4.78, 5) is 11.8. The van der Waals surface area contributed by atoms with Gasteiger partial charge in [0.2, 0.25) is 5.91 Å². The Hall–Kier alpha value is -2.07. The zero-order valence-corrected chi connectivity index (χ0v) is 13.3. The van der Waals surface area contributed by atoms with Gasteiger partial charge in [-0.05, 0) is 52.9 Å². The lowest BCUT2D eigenvalue weighted by Crippen LogP contribution is -2.15. The van der Waals surface area contributed by atoms with E-state index in [2.05, 4.69) is 27.9 Å². The number of hydrogen-bond acceptors (Lipinski definition) is 3. The van der Waals surface area contributed by atoms with Gasteiger partial charge in [0, 0.05) is 5.69 Å². The Morgan fingerprint density at radius 1 is 1.24 bits per heavy atom. The molecule has 2 rings (SSSR count). The summed E-state index contributed by atoms with van der Waals surface area (Å²) in [7, 11) is 0. The molecule has 0 radical (unpaired) electrons. The molecule has 21 heavy (non-hydrogen) atoms. The van der Waals surface area contributed by atoms with Crippen molar-refractivity contribution in [2.24, 2.45) is 0 Å². The average molecular weight is 392 g/mol. The molecule has 0 saturated carbocycles. The molecule has 4 nitrogen and oxygen atoms in total. The molecule has 0 unspecified atom stereocenters. The number of halogens is 1. The van der Waals surface area contributed by atoms with Crippen molar-refractivity contribution in [1.82, 2.24) is 0 Å². The minimum Gasteiger partial charge on any atom is -0.492 e. The number of nitrogens with zero attached hydrogens (tertiary/aromatic N) is 1. The second-order valence-electron chi connectivity index (χ2n) is 4.27. The third kappa shape index (κ3) is 4.76. The third-order valence-electron chi connectivity index (χ3n) is 2.70. The summed E-state index contributed by atoms with van der Waals surface area (Å²) in [5.41, 5.74) is 1.14. The first-order valence-corrected chi connectivity index (χ1v) is 7.44. The lowest BCUT2D eigenvalue weighted by Gasteiger charge is -2.08. The fourth-order valence-electron chi connectivity index (χ4n) is 1.71. The van der Waals surface area contributed by atoms with Gasteiger partial charge in [0.15, 0.2) is 0 Å². The van der Waals surface area contributed by atoms with Crippen molar-refractivity contribution in [1.29, 1.82) is 5.26 Å². The largest absolute Gasteiger partial charge is 0.492 e. The smallest absolute Gasteiger partial charge is 0.227 e. The number of benzene rings is 2. The van der Waals surface area contributed by atoms with E-state index in [1.165, 1.54) is 0 Å². The third-order valence-corrected chi connectivity index (χ3v) is 3.59. The molecular formula is C16H13IN2O2. The Balaban J connectivity index is 1.83. The van der Waals surface area contributed by atoms with Crippen molar-refractivity contribution in [2.45, 2.75) is 6.42 Å². The summed E-state index contributed by atoms with van der Waals surface area (Å²) >= 11 is 2.19. The van der Waals surface area contributed by atoms with Gasteiger partial charge in [0.1, 0.15) is 5.75 Å². The highest BCUT2D eigenvalue weighted by Crippen LogP contribution is 2.19. The Labute approximate surface area is 136 Å². The molecule has 0 aromatic heterocycles. The zero-order valence-electron chi connectivity index (χ0n) is 11.2. The lowest BCUT2D eigenvalue weighted by molar-refractivity contribution is -0.116. The van der Waals surface area contributed by atoms with E-state index in [9.17, 15) is 4.79 Å². The topological polar surface area (TPSA) is 62.1 Å². The van der Waals surface area contributed by atoms with Crippen molar-refractivity contribution in [3.05, 3.63) is 57.7 Å². The molecule has 0 saturated heterocycles. The van der Waals surface area contributed by atoms with E-state index in [-0.39, 0.29) is 12.3 Å². The van der Waals surface area contributed by atoms with Crippen molar-refractivity contribution in [3.8, 4) is 11.8 Å². The van der Waals surface area contributed by atoms with Crippen LogP contribution in [-0.2, 0) is 4.79 Å². The number of nitrogens with one attached hydrogen (secondary N) is 1. The van der Waals surface area contributed by atoms with Gasteiger partial charge in [-0.25, -0.2) is 0 Å². The summed E-state index contributed by atoms with van der Waals surface area (Å²) in [5, 5.41) is 11.6. The molecular weight excluding hydrogens is 379 g/mol. The Morgan fingerprint density at radius 2 is 2.05 bits per heavy atom. The molecule has 0 heterocycles. The Morgan fingerprint density at radius 3 is 2.81 bits per heavy atom. The predicted molar refractivity (Wildman–Crippen MR) is 89.1 cm³/mol. The molecule has 0 aliphatic rings. The summed E-state index contributed by atoms with van der Waals surface area (Å²) in [6.07, 6.45) is 0.252. The van der Waals surface area contributed by atoms with Gasteiger partial charge in [0.05, 0.1) is 28.2 Å². The molecule has 5 heteroatoms. The van der Waals surface area contributed by atoms with Gasteiger partial charge in [-0.1, -0.05) is 18.2 Å². The SMILES string of the molecule is N#Cc1cccc(NC(=O)CCOc2ccccc2I)c1. The zero-order chi connectivity index (χ0) is 15.1. The van der Waals surface area contributed by atoms with Crippen LogP contribution in [0.1, 0.15) is 12.0 Å². The molecule has 2 aromatic carbocycles. The number of ether oxygens (including phenoxy) is 1. The van der Waals surface area contributed by atoms with E-state index in [1.807, 2.05) is 30.3 Å². The normalized spacial score (nSPS) is 9.71. The minimum absolute atomic E-state index is 0.143. The fraction of sp³-hybridized carbons (Fsp3) is 0.125. The van der Waals surface area contributed by atoms with E-state index >= 15 is 0 Å². The van der Waals surface area contributed by atoms with Gasteiger partial charge < -0.3 is 10.1 Å². The summed E-state index contributed by atoms with van der Waals surface area (Å²) in [5.74, 6) is 0.633. The molecule has 0 spiro atoms. The summed E-state index contributed by atoms with van der Waals surface area (Å²) in [6.45, 7) is 0.309. The van der Waals surface area contributed by atoms with Crippen LogP contribution in [0.25, 0.3) is 0 Å². The number of para-hydroxylation sites is 1. The van der Waals surface area contributed by atoms with Crippen LogP contribution in [0.2, 0.25) is 0 Å². The monoisotopic (exact) mass is 392 g/mol. The Kier molecular flexibility index (Phi) is 5.58. The van der Waals surface area contributed by atoms with Gasteiger partial charge >= 0.3 is 0 Å². The molecule has 0 fully saturated rings. The number of hydrogen-bond donors (Lipinski definition) is 1. The second-order valence-corrected chi connectivity index (χ2v) is 5.43. The van der Waals surface area contributed by atoms with Crippen LogP contribution in [0.15, 0.2) is 48.5 Å². The van der Waals surface area contributed by atoms with Crippen molar-refractivity contribution < 1.29 is 9.53 Å². The van der Waals surface area contributed by atoms with Gasteiger partial charge in [0.25, 0.3) is 0 Å². The first-order valence-electron chi connectivity index (χ1n) is 6.36. The van der Waals surface area contributed by atoms with E-state index in [4.69, 9.17) is 10.00 Å². The van der Waals surface area contributed by atoms with Gasteiger partial charge in [-0.15, -0.1) is 0 Å². The molecule has 0 aliphatic carbocycles. The van der Waals surface area contributed by atoms with Crippen LogP contribution in [0.4, 0.5) is 5.69 Å². The first-order chi connectivity index (χ1) is 10.2. The standard InChI is InChI=1S/C16H13IN2O2/c17-14-6-1-2-7-15(14)21-9-8-16(20)19-13-5-3-4-12(10-13)11-18/h1-7,10H,8-9H2,(H,19,20). The minimum atomic E-state index is -0.143. The fourth-order valence-corrected chi connectivity index (χ4v) is 2.25. The quantitative estimate of drug-likeness (QED) is 0.792. The number of carbonyl (C=O) groups is 1. The van der Waals surface area contributed by atoms with Crippen LogP contribution in [-0.4, -0.2) is 12.5 Å². The van der Waals surface area contributed by atoms with Crippen LogP contribution in [0.5, 0.6) is 5.75 Å². The Bertz CT molecular complexity index is 680. The molecule has 1 amide bonds. The van der Waals surface area contributed by atoms with Crippen molar-refractivity contribution in [3.63, 3.8) is 0 Å². The maximum atomic E-state index is 11.8. The lowest BCUT2D eigenvalue weighted by atomic mass is 10.2. The predicted octanol–water partition coefficient (Wildman–Crippen LogP) is 3.57. The van der Waals surface area contributed by atoms with Crippen molar-refractivity contribution in [2.75, 3.05) is 11.9 Å².